The molecule has 1 fully saturated rings. The molecule has 1 heterocycles. The van der Waals surface area contributed by atoms with Crippen molar-refractivity contribution < 1.29 is 14.6 Å². The Morgan fingerprint density at radius 2 is 1.84 bits per heavy atom. The molecule has 1 saturated carbocycles. The van der Waals surface area contributed by atoms with Crippen LogP contribution in [0, 0.1) is 6.92 Å². The molecule has 1 aliphatic rings. The van der Waals surface area contributed by atoms with E-state index in [0.29, 0.717) is 28.8 Å². The highest BCUT2D eigenvalue weighted by molar-refractivity contribution is 6.32. The van der Waals surface area contributed by atoms with Gasteiger partial charge >= 0.3 is 0 Å². The van der Waals surface area contributed by atoms with Crippen molar-refractivity contribution in [2.24, 2.45) is 0 Å². The molecule has 0 unspecified atom stereocenters. The van der Waals surface area contributed by atoms with Crippen LogP contribution in [0.3, 0.4) is 0 Å². The van der Waals surface area contributed by atoms with Crippen LogP contribution in [0.2, 0.25) is 5.02 Å². The van der Waals surface area contributed by atoms with E-state index in [2.05, 4.69) is 10.2 Å². The van der Waals surface area contributed by atoms with Crippen molar-refractivity contribution in [3.8, 4) is 33.9 Å². The molecule has 0 aliphatic heterocycles. The first-order valence-electron chi connectivity index (χ1n) is 13.0. The molecule has 0 bridgehead atoms. The van der Waals surface area contributed by atoms with Crippen LogP contribution in [0.4, 0.5) is 0 Å². The number of carbonyl (C=O) groups excluding carboxylic acids is 1. The number of aromatic hydroxyl groups is 1. The van der Waals surface area contributed by atoms with Gasteiger partial charge < -0.3 is 20.1 Å². The fraction of sp³-hybridized carbons (Fsp3) is 0.400. The number of carbonyl (C=O) groups is 1. The van der Waals surface area contributed by atoms with Gasteiger partial charge in [0.05, 0.1) is 17.3 Å². The number of phenolic OH excluding ortho intramolecular Hbond substituents is 1. The minimum Gasteiger partial charge on any atom is -0.508 e. The number of nitrogens with one attached hydrogen (secondary N) is 1. The Hall–Kier alpha value is -3.09. The number of ether oxygens (including phenoxy) is 1. The first-order chi connectivity index (χ1) is 17.8. The van der Waals surface area contributed by atoms with E-state index in [-0.39, 0.29) is 17.7 Å². The zero-order chi connectivity index (χ0) is 26.4. The van der Waals surface area contributed by atoms with Gasteiger partial charge in [-0.1, -0.05) is 43.0 Å². The summed E-state index contributed by atoms with van der Waals surface area (Å²) >= 11 is 6.47. The Balaban J connectivity index is 1.70. The highest BCUT2D eigenvalue weighted by Gasteiger charge is 2.20. The third-order valence-electron chi connectivity index (χ3n) is 6.78. The summed E-state index contributed by atoms with van der Waals surface area (Å²) in [4.78, 5) is 20.1. The zero-order valence-electron chi connectivity index (χ0n) is 21.9. The lowest BCUT2D eigenvalue weighted by molar-refractivity contribution is 0.0923. The molecule has 37 heavy (non-hydrogen) atoms. The summed E-state index contributed by atoms with van der Waals surface area (Å²) in [5.41, 5.74) is 4.57. The Morgan fingerprint density at radius 3 is 2.57 bits per heavy atom. The minimum atomic E-state index is -0.156. The Morgan fingerprint density at radius 1 is 1.08 bits per heavy atom. The highest BCUT2D eigenvalue weighted by atomic mass is 35.5. The maximum Gasteiger partial charge on any atom is 0.270 e. The summed E-state index contributed by atoms with van der Waals surface area (Å²) in [7, 11) is 4.06. The topological polar surface area (TPSA) is 74.7 Å². The lowest BCUT2D eigenvalue weighted by Gasteiger charge is -2.23. The van der Waals surface area contributed by atoms with E-state index in [1.807, 2.05) is 51.4 Å². The number of hydrogen-bond donors (Lipinski definition) is 2. The van der Waals surface area contributed by atoms with Gasteiger partial charge in [0.1, 0.15) is 17.2 Å². The zero-order valence-corrected chi connectivity index (χ0v) is 22.6. The van der Waals surface area contributed by atoms with E-state index in [1.54, 1.807) is 18.2 Å². The van der Waals surface area contributed by atoms with Crippen molar-refractivity contribution in [3.05, 3.63) is 64.8 Å². The molecule has 1 aliphatic carbocycles. The second-order valence-electron chi connectivity index (χ2n) is 10.1. The number of rotatable bonds is 9. The Labute approximate surface area is 224 Å². The van der Waals surface area contributed by atoms with Crippen LogP contribution in [-0.2, 0) is 0 Å². The third-order valence-corrected chi connectivity index (χ3v) is 7.09. The number of aromatic nitrogens is 1. The Bertz CT molecular complexity index is 1240. The number of halogens is 1. The molecule has 196 valence electrons. The number of aryl methyl sites for hydroxylation is 1. The molecular formula is C30H36ClN3O3. The predicted molar refractivity (Wildman–Crippen MR) is 150 cm³/mol. The van der Waals surface area contributed by atoms with Crippen LogP contribution < -0.4 is 10.1 Å². The van der Waals surface area contributed by atoms with Crippen LogP contribution in [0.1, 0.15) is 54.6 Å². The van der Waals surface area contributed by atoms with Crippen LogP contribution >= 0.6 is 11.6 Å². The molecule has 0 spiro atoms. The van der Waals surface area contributed by atoms with Crippen LogP contribution in [0.25, 0.3) is 22.4 Å². The predicted octanol–water partition coefficient (Wildman–Crippen LogP) is 6.48. The van der Waals surface area contributed by atoms with Gasteiger partial charge in [-0.25, -0.2) is 4.98 Å². The van der Waals surface area contributed by atoms with Crippen molar-refractivity contribution in [2.75, 3.05) is 27.2 Å². The van der Waals surface area contributed by atoms with Gasteiger partial charge in [-0.3, -0.25) is 4.79 Å². The van der Waals surface area contributed by atoms with Crippen molar-refractivity contribution >= 4 is 17.5 Å². The number of phenols is 1. The summed E-state index contributed by atoms with van der Waals surface area (Å²) < 4.78 is 6.01. The van der Waals surface area contributed by atoms with Gasteiger partial charge in [0.2, 0.25) is 0 Å². The highest BCUT2D eigenvalue weighted by Crippen LogP contribution is 2.37. The monoisotopic (exact) mass is 521 g/mol. The molecule has 1 aromatic heterocycles. The van der Waals surface area contributed by atoms with Crippen LogP contribution in [-0.4, -0.2) is 54.2 Å². The quantitative estimate of drug-likeness (QED) is 0.315. The maximum atomic E-state index is 13.1. The van der Waals surface area contributed by atoms with Gasteiger partial charge in [-0.15, -0.1) is 0 Å². The Kier molecular flexibility index (Phi) is 9.06. The third kappa shape index (κ3) is 7.02. The summed E-state index contributed by atoms with van der Waals surface area (Å²) in [6.07, 6.45) is 6.41. The molecule has 6 nitrogen and oxygen atoms in total. The van der Waals surface area contributed by atoms with E-state index >= 15 is 0 Å². The number of pyridine rings is 1. The fourth-order valence-corrected chi connectivity index (χ4v) is 4.98. The molecule has 0 atom stereocenters. The largest absolute Gasteiger partial charge is 0.508 e. The van der Waals surface area contributed by atoms with Crippen LogP contribution in [0.15, 0.2) is 48.5 Å². The number of nitrogens with zero attached hydrogens (tertiary/aromatic N) is 2. The van der Waals surface area contributed by atoms with Crippen molar-refractivity contribution in [2.45, 2.75) is 51.5 Å². The summed E-state index contributed by atoms with van der Waals surface area (Å²) in [6.45, 7) is 3.41. The fourth-order valence-electron chi connectivity index (χ4n) is 4.80. The van der Waals surface area contributed by atoms with E-state index in [4.69, 9.17) is 21.3 Å². The van der Waals surface area contributed by atoms with E-state index in [0.717, 1.165) is 60.9 Å². The van der Waals surface area contributed by atoms with E-state index < -0.39 is 0 Å². The van der Waals surface area contributed by atoms with Gasteiger partial charge in [0, 0.05) is 23.7 Å². The summed E-state index contributed by atoms with van der Waals surface area (Å²) in [5, 5.41) is 13.6. The lowest BCUT2D eigenvalue weighted by atomic mass is 9.94. The first-order valence-corrected chi connectivity index (χ1v) is 13.4. The number of amides is 1. The smallest absolute Gasteiger partial charge is 0.270 e. The van der Waals surface area contributed by atoms with Crippen molar-refractivity contribution in [1.29, 1.82) is 0 Å². The van der Waals surface area contributed by atoms with Crippen LogP contribution in [0.5, 0.6) is 11.5 Å². The average Bonchev–Trinajstić information content (AvgIpc) is 2.88. The SMILES string of the molecule is Cc1cc(O)ccc1-c1ccc(C(=O)NC2CCCCC2)nc1-c1ccc(Cl)c(OCCCN(C)C)c1. The first kappa shape index (κ1) is 27.0. The molecule has 0 saturated heterocycles. The molecule has 2 aromatic carbocycles. The lowest BCUT2D eigenvalue weighted by Crippen LogP contribution is -2.36. The molecule has 3 aromatic rings. The summed E-state index contributed by atoms with van der Waals surface area (Å²) in [6, 6.07) is 14.8. The molecule has 1 amide bonds. The average molecular weight is 522 g/mol. The normalized spacial score (nSPS) is 14.1. The van der Waals surface area contributed by atoms with Crippen molar-refractivity contribution in [1.82, 2.24) is 15.2 Å². The van der Waals surface area contributed by atoms with Gasteiger partial charge in [0.25, 0.3) is 5.91 Å². The molecule has 7 heteroatoms. The molecular weight excluding hydrogens is 486 g/mol. The van der Waals surface area contributed by atoms with Gasteiger partial charge in [-0.05, 0) is 87.8 Å². The number of hydrogen-bond acceptors (Lipinski definition) is 5. The molecule has 0 radical (unpaired) electrons. The second kappa shape index (κ2) is 12.4. The molecule has 4 rings (SSSR count). The van der Waals surface area contributed by atoms with Gasteiger partial charge in [0.15, 0.2) is 0 Å². The minimum absolute atomic E-state index is 0.156. The standard InChI is InChI=1S/C30H36ClN3O3/c1-20-18-23(35)11-12-24(20)25-13-15-27(30(36)32-22-8-5-4-6-9-22)33-29(25)21-10-14-26(31)28(19-21)37-17-7-16-34(2)3/h10-15,18-19,22,35H,4-9,16-17H2,1-3H3,(H,32,36). The van der Waals surface area contributed by atoms with E-state index in [9.17, 15) is 9.90 Å². The van der Waals surface area contributed by atoms with Crippen molar-refractivity contribution in [3.63, 3.8) is 0 Å². The molecule has 2 N–H and O–H groups in total. The number of benzene rings is 2. The second-order valence-corrected chi connectivity index (χ2v) is 10.5. The maximum absolute atomic E-state index is 13.1. The van der Waals surface area contributed by atoms with E-state index in [1.165, 1.54) is 6.42 Å². The van der Waals surface area contributed by atoms with Gasteiger partial charge in [-0.2, -0.15) is 0 Å². The summed E-state index contributed by atoms with van der Waals surface area (Å²) in [5.74, 6) is 0.639.